The highest BCUT2D eigenvalue weighted by atomic mass is 79.9. The Morgan fingerprint density at radius 1 is 1.46 bits per heavy atom. The van der Waals surface area contributed by atoms with E-state index in [1.165, 1.54) is 13.4 Å². The van der Waals surface area contributed by atoms with Crippen LogP contribution in [0.25, 0.3) is 0 Å². The number of nitrogens with one attached hydrogen (secondary N) is 1. The van der Waals surface area contributed by atoms with E-state index in [4.69, 9.17) is 4.42 Å². The van der Waals surface area contributed by atoms with E-state index >= 15 is 0 Å². The third-order valence-corrected chi connectivity index (χ3v) is 4.07. The normalized spacial score (nSPS) is 13.4. The molecule has 2 aromatic rings. The van der Waals surface area contributed by atoms with Gasteiger partial charge in [-0.1, -0.05) is 22.0 Å². The van der Waals surface area contributed by atoms with Crippen molar-refractivity contribution >= 4 is 33.6 Å². The number of nitrogens with zero attached hydrogens (tertiary/aromatic N) is 2. The zero-order chi connectivity index (χ0) is 17.1. The van der Waals surface area contributed by atoms with E-state index in [0.717, 1.165) is 17.3 Å². The number of carbonyl (C=O) groups excluding carboxylic acids is 2. The number of halogens is 1. The number of oxazole rings is 1. The van der Waals surface area contributed by atoms with Crippen molar-refractivity contribution in [2.75, 3.05) is 12.4 Å². The van der Waals surface area contributed by atoms with Gasteiger partial charge < -0.3 is 19.4 Å². The number of aromatic nitrogens is 1. The molecule has 1 fully saturated rings. The van der Waals surface area contributed by atoms with E-state index in [1.807, 2.05) is 24.3 Å². The fraction of sp³-hybridized carbons (Fsp3) is 0.312. The molecule has 3 rings (SSSR count). The number of hydrogen-bond acceptors (Lipinski definition) is 5. The quantitative estimate of drug-likeness (QED) is 0.786. The van der Waals surface area contributed by atoms with E-state index in [-0.39, 0.29) is 24.3 Å². The molecule has 1 aromatic heterocycles. The molecule has 0 bridgehead atoms. The van der Waals surface area contributed by atoms with Crippen LogP contribution in [0.2, 0.25) is 0 Å². The molecular formula is C16H16BrN3O4. The van der Waals surface area contributed by atoms with Crippen LogP contribution in [0, 0.1) is 0 Å². The van der Waals surface area contributed by atoms with Crippen LogP contribution in [0.4, 0.5) is 10.5 Å². The van der Waals surface area contributed by atoms with Crippen LogP contribution in [0.15, 0.2) is 39.4 Å². The molecule has 0 unspecified atom stereocenters. The fourth-order valence-electron chi connectivity index (χ4n) is 2.24. The van der Waals surface area contributed by atoms with Gasteiger partial charge in [0.1, 0.15) is 6.26 Å². The van der Waals surface area contributed by atoms with Gasteiger partial charge in [0.15, 0.2) is 5.69 Å². The Balaban J connectivity index is 1.69. The van der Waals surface area contributed by atoms with Crippen molar-refractivity contribution in [1.29, 1.82) is 0 Å². The Morgan fingerprint density at radius 3 is 2.92 bits per heavy atom. The van der Waals surface area contributed by atoms with Crippen molar-refractivity contribution in [3.05, 3.63) is 46.6 Å². The second-order valence-electron chi connectivity index (χ2n) is 5.42. The van der Waals surface area contributed by atoms with E-state index in [2.05, 4.69) is 31.0 Å². The number of carbonyl (C=O) groups is 2. The summed E-state index contributed by atoms with van der Waals surface area (Å²) in [7, 11) is 1.28. The molecule has 1 N–H and O–H groups in total. The summed E-state index contributed by atoms with van der Waals surface area (Å²) in [6, 6.07) is 7.30. The molecule has 1 aromatic carbocycles. The SMILES string of the molecule is COC(=O)c1coc(CN(C(=O)Nc2cccc(Br)c2)C2CC2)n1. The first-order valence-electron chi connectivity index (χ1n) is 7.42. The summed E-state index contributed by atoms with van der Waals surface area (Å²) in [5.41, 5.74) is 0.790. The first kappa shape index (κ1) is 16.5. The molecule has 7 nitrogen and oxygen atoms in total. The summed E-state index contributed by atoms with van der Waals surface area (Å²) in [6.45, 7) is 0.196. The van der Waals surface area contributed by atoms with Crippen molar-refractivity contribution < 1.29 is 18.7 Å². The van der Waals surface area contributed by atoms with Crippen LogP contribution in [-0.2, 0) is 11.3 Å². The Morgan fingerprint density at radius 2 is 2.25 bits per heavy atom. The molecular weight excluding hydrogens is 378 g/mol. The Kier molecular flexibility index (Phi) is 4.84. The average molecular weight is 394 g/mol. The summed E-state index contributed by atoms with van der Waals surface area (Å²) < 4.78 is 10.8. The van der Waals surface area contributed by atoms with E-state index in [1.54, 1.807) is 4.90 Å². The molecule has 0 radical (unpaired) electrons. The van der Waals surface area contributed by atoms with Gasteiger partial charge in [-0.15, -0.1) is 0 Å². The fourth-order valence-corrected chi connectivity index (χ4v) is 2.64. The van der Waals surface area contributed by atoms with Gasteiger partial charge in [0.25, 0.3) is 0 Å². The number of anilines is 1. The molecule has 126 valence electrons. The first-order valence-corrected chi connectivity index (χ1v) is 8.22. The number of methoxy groups -OCH3 is 1. The number of hydrogen-bond donors (Lipinski definition) is 1. The summed E-state index contributed by atoms with van der Waals surface area (Å²) in [5, 5.41) is 2.86. The van der Waals surface area contributed by atoms with Gasteiger partial charge in [-0.2, -0.15) is 0 Å². The van der Waals surface area contributed by atoms with Crippen LogP contribution in [0.5, 0.6) is 0 Å². The molecule has 1 aliphatic rings. The second-order valence-corrected chi connectivity index (χ2v) is 6.33. The van der Waals surface area contributed by atoms with Crippen LogP contribution in [0.1, 0.15) is 29.2 Å². The summed E-state index contributed by atoms with van der Waals surface area (Å²) >= 11 is 3.37. The van der Waals surface area contributed by atoms with Crippen molar-refractivity contribution in [3.63, 3.8) is 0 Å². The molecule has 0 spiro atoms. The van der Waals surface area contributed by atoms with Gasteiger partial charge in [0.2, 0.25) is 5.89 Å². The molecule has 1 saturated carbocycles. The molecule has 24 heavy (non-hydrogen) atoms. The van der Waals surface area contributed by atoms with Gasteiger partial charge >= 0.3 is 12.0 Å². The van der Waals surface area contributed by atoms with Gasteiger partial charge in [-0.3, -0.25) is 0 Å². The summed E-state index contributed by atoms with van der Waals surface area (Å²) in [4.78, 5) is 29.7. The number of rotatable bonds is 5. The number of ether oxygens (including phenoxy) is 1. The predicted molar refractivity (Wildman–Crippen MR) is 89.6 cm³/mol. The third-order valence-electron chi connectivity index (χ3n) is 3.58. The maximum atomic E-state index is 12.5. The maximum absolute atomic E-state index is 12.5. The predicted octanol–water partition coefficient (Wildman–Crippen LogP) is 3.42. The topological polar surface area (TPSA) is 84.7 Å². The van der Waals surface area contributed by atoms with E-state index < -0.39 is 5.97 Å². The van der Waals surface area contributed by atoms with Crippen LogP contribution < -0.4 is 5.32 Å². The minimum absolute atomic E-state index is 0.0932. The number of amides is 2. The van der Waals surface area contributed by atoms with Crippen molar-refractivity contribution in [2.45, 2.75) is 25.4 Å². The largest absolute Gasteiger partial charge is 0.464 e. The lowest BCUT2D eigenvalue weighted by Gasteiger charge is -2.21. The smallest absolute Gasteiger partial charge is 0.360 e. The Hall–Kier alpha value is -2.35. The highest BCUT2D eigenvalue weighted by Gasteiger charge is 2.34. The minimum atomic E-state index is -0.568. The molecule has 1 aliphatic carbocycles. The Bertz CT molecular complexity index is 757. The monoisotopic (exact) mass is 393 g/mol. The Labute approximate surface area is 147 Å². The molecule has 2 amide bonds. The van der Waals surface area contributed by atoms with E-state index in [9.17, 15) is 9.59 Å². The molecule has 1 heterocycles. The van der Waals surface area contributed by atoms with Crippen molar-refractivity contribution in [3.8, 4) is 0 Å². The van der Waals surface area contributed by atoms with Gasteiger partial charge in [0, 0.05) is 16.2 Å². The zero-order valence-electron chi connectivity index (χ0n) is 13.0. The highest BCUT2D eigenvalue weighted by Crippen LogP contribution is 2.29. The molecule has 0 aliphatic heterocycles. The highest BCUT2D eigenvalue weighted by molar-refractivity contribution is 9.10. The lowest BCUT2D eigenvalue weighted by Crippen LogP contribution is -2.36. The number of esters is 1. The lowest BCUT2D eigenvalue weighted by molar-refractivity contribution is 0.0594. The van der Waals surface area contributed by atoms with E-state index in [0.29, 0.717) is 11.6 Å². The molecule has 0 saturated heterocycles. The molecule has 8 heteroatoms. The summed E-state index contributed by atoms with van der Waals surface area (Å²) in [5.74, 6) is -0.270. The zero-order valence-corrected chi connectivity index (χ0v) is 14.6. The van der Waals surface area contributed by atoms with Gasteiger partial charge in [0.05, 0.1) is 13.7 Å². The maximum Gasteiger partial charge on any atom is 0.360 e. The van der Waals surface area contributed by atoms with Crippen LogP contribution in [-0.4, -0.2) is 35.0 Å². The van der Waals surface area contributed by atoms with Crippen molar-refractivity contribution in [1.82, 2.24) is 9.88 Å². The van der Waals surface area contributed by atoms with Crippen molar-refractivity contribution in [2.24, 2.45) is 0 Å². The third kappa shape index (κ3) is 3.94. The van der Waals surface area contributed by atoms with Crippen LogP contribution in [0.3, 0.4) is 0 Å². The average Bonchev–Trinajstić information content (AvgIpc) is 3.29. The van der Waals surface area contributed by atoms with Gasteiger partial charge in [-0.25, -0.2) is 14.6 Å². The lowest BCUT2D eigenvalue weighted by atomic mass is 10.3. The van der Waals surface area contributed by atoms with Gasteiger partial charge in [-0.05, 0) is 31.0 Å². The minimum Gasteiger partial charge on any atom is -0.464 e. The van der Waals surface area contributed by atoms with Crippen LogP contribution >= 0.6 is 15.9 Å². The number of benzene rings is 1. The molecule has 0 atom stereocenters. The standard InChI is InChI=1S/C16H16BrN3O4/c1-23-15(21)13-9-24-14(19-13)8-20(12-5-6-12)16(22)18-11-4-2-3-10(17)7-11/h2-4,7,9,12H,5-6,8H2,1H3,(H,18,22). The number of urea groups is 1. The second kappa shape index (κ2) is 7.04. The first-order chi connectivity index (χ1) is 11.6. The summed E-state index contributed by atoms with van der Waals surface area (Å²) in [6.07, 6.45) is 3.12.